The molecule has 4 rings (SSSR count). The van der Waals surface area contributed by atoms with Gasteiger partial charge in [0.1, 0.15) is 9.96 Å². The number of rotatable bonds is 8. The van der Waals surface area contributed by atoms with Crippen molar-refractivity contribution in [2.24, 2.45) is 11.8 Å². The molecule has 0 saturated heterocycles. The molecule has 0 atom stereocenters. The highest BCUT2D eigenvalue weighted by atomic mass is 79.9. The highest BCUT2D eigenvalue weighted by Crippen LogP contribution is 2.33. The highest BCUT2D eigenvalue weighted by molar-refractivity contribution is 9.11. The number of fused-ring (bicyclic) bond motifs is 1. The summed E-state index contributed by atoms with van der Waals surface area (Å²) in [5.74, 6) is 0.928. The third-order valence-electron chi connectivity index (χ3n) is 5.49. The third kappa shape index (κ3) is 5.69. The largest absolute Gasteiger partial charge is 0.494 e. The molecular weight excluding hydrogens is 534 g/mol. The summed E-state index contributed by atoms with van der Waals surface area (Å²) in [4.78, 5) is 17.2. The number of aromatic nitrogens is 1. The van der Waals surface area contributed by atoms with Crippen LogP contribution in [0.15, 0.2) is 38.3 Å². The predicted molar refractivity (Wildman–Crippen MR) is 132 cm³/mol. The van der Waals surface area contributed by atoms with Crippen LogP contribution >= 0.6 is 38.6 Å². The average molecular weight is 559 g/mol. The SMILES string of the molecule is CCOc1ccc2nc(NC(=O)C3CCC(CNS(=O)(=O)c4ccc(Br)s4)CC3)sc2c1. The van der Waals surface area contributed by atoms with Crippen molar-refractivity contribution in [3.8, 4) is 5.75 Å². The molecule has 1 amide bonds. The molecule has 3 aromatic rings. The van der Waals surface area contributed by atoms with Gasteiger partial charge in [-0.25, -0.2) is 18.1 Å². The van der Waals surface area contributed by atoms with Gasteiger partial charge in [0.2, 0.25) is 15.9 Å². The molecule has 1 saturated carbocycles. The molecule has 2 N–H and O–H groups in total. The second kappa shape index (κ2) is 10.2. The zero-order valence-corrected chi connectivity index (χ0v) is 21.5. The summed E-state index contributed by atoms with van der Waals surface area (Å²) in [5, 5.41) is 3.55. The van der Waals surface area contributed by atoms with Crippen molar-refractivity contribution in [2.45, 2.75) is 36.8 Å². The number of hydrogen-bond donors (Lipinski definition) is 2. The fourth-order valence-electron chi connectivity index (χ4n) is 3.79. The van der Waals surface area contributed by atoms with Gasteiger partial charge in [-0.3, -0.25) is 4.79 Å². The molecule has 32 heavy (non-hydrogen) atoms. The van der Waals surface area contributed by atoms with E-state index in [1.54, 1.807) is 12.1 Å². The molecule has 1 aliphatic carbocycles. The number of benzene rings is 1. The number of sulfonamides is 1. The predicted octanol–water partition coefficient (Wildman–Crippen LogP) is 5.24. The Hall–Kier alpha value is -1.53. The van der Waals surface area contributed by atoms with Gasteiger partial charge in [0.25, 0.3) is 0 Å². The molecule has 2 aromatic heterocycles. The maximum absolute atomic E-state index is 12.7. The molecule has 11 heteroatoms. The lowest BCUT2D eigenvalue weighted by atomic mass is 9.81. The Labute approximate surface area is 203 Å². The van der Waals surface area contributed by atoms with Crippen LogP contribution in [0.4, 0.5) is 5.13 Å². The second-order valence-electron chi connectivity index (χ2n) is 7.70. The van der Waals surface area contributed by atoms with E-state index in [1.165, 1.54) is 22.7 Å². The molecule has 2 heterocycles. The monoisotopic (exact) mass is 557 g/mol. The molecule has 7 nitrogen and oxygen atoms in total. The summed E-state index contributed by atoms with van der Waals surface area (Å²) >= 11 is 5.93. The average Bonchev–Trinajstić information content (AvgIpc) is 3.38. The lowest BCUT2D eigenvalue weighted by molar-refractivity contribution is -0.121. The zero-order chi connectivity index (χ0) is 22.7. The standard InChI is InChI=1S/C21H24BrN3O4S3/c1-2-29-15-7-8-16-17(11-15)30-21(24-16)25-20(26)14-5-3-13(4-6-14)12-23-32(27,28)19-10-9-18(22)31-19/h7-11,13-14,23H,2-6,12H2,1H3,(H,24,25,26). The summed E-state index contributed by atoms with van der Waals surface area (Å²) in [6, 6.07) is 9.04. The number of thiophene rings is 1. The van der Waals surface area contributed by atoms with E-state index < -0.39 is 10.0 Å². The van der Waals surface area contributed by atoms with E-state index in [4.69, 9.17) is 4.74 Å². The molecule has 1 aliphatic rings. The van der Waals surface area contributed by atoms with E-state index in [0.29, 0.717) is 22.5 Å². The molecule has 1 fully saturated rings. The quantitative estimate of drug-likeness (QED) is 0.394. The number of halogens is 1. The molecule has 0 aliphatic heterocycles. The van der Waals surface area contributed by atoms with E-state index in [-0.39, 0.29) is 17.7 Å². The van der Waals surface area contributed by atoms with E-state index in [2.05, 4.69) is 31.0 Å². The van der Waals surface area contributed by atoms with Crippen LogP contribution in [0.2, 0.25) is 0 Å². The Balaban J connectivity index is 1.27. The molecule has 172 valence electrons. The van der Waals surface area contributed by atoms with Crippen LogP contribution in [-0.4, -0.2) is 32.5 Å². The topological polar surface area (TPSA) is 97.4 Å². The molecule has 0 spiro atoms. The van der Waals surface area contributed by atoms with Gasteiger partial charge >= 0.3 is 0 Å². The van der Waals surface area contributed by atoms with E-state index in [0.717, 1.165) is 45.4 Å². The minimum Gasteiger partial charge on any atom is -0.494 e. The minimum absolute atomic E-state index is 0.0171. The summed E-state index contributed by atoms with van der Waals surface area (Å²) in [5.41, 5.74) is 0.836. The number of nitrogens with one attached hydrogen (secondary N) is 2. The van der Waals surface area contributed by atoms with Crippen LogP contribution in [-0.2, 0) is 14.8 Å². The fourth-order valence-corrected chi connectivity index (χ4v) is 7.86. The summed E-state index contributed by atoms with van der Waals surface area (Å²) in [6.07, 6.45) is 3.10. The van der Waals surface area contributed by atoms with Crippen molar-refractivity contribution in [3.05, 3.63) is 34.1 Å². The third-order valence-corrected chi connectivity index (χ3v) is 9.97. The van der Waals surface area contributed by atoms with Gasteiger partial charge in [0.05, 0.1) is 20.6 Å². The lowest BCUT2D eigenvalue weighted by Gasteiger charge is -2.27. The minimum atomic E-state index is -3.49. The van der Waals surface area contributed by atoms with Gasteiger partial charge < -0.3 is 10.1 Å². The molecule has 0 radical (unpaired) electrons. The first kappa shape index (κ1) is 23.6. The van der Waals surface area contributed by atoms with Crippen LogP contribution < -0.4 is 14.8 Å². The Morgan fingerprint density at radius 3 is 2.66 bits per heavy atom. The molecule has 1 aromatic carbocycles. The van der Waals surface area contributed by atoms with Gasteiger partial charge in [-0.1, -0.05) is 11.3 Å². The van der Waals surface area contributed by atoms with Crippen molar-refractivity contribution < 1.29 is 17.9 Å². The normalized spacial score (nSPS) is 19.2. The Morgan fingerprint density at radius 1 is 1.19 bits per heavy atom. The Morgan fingerprint density at radius 2 is 1.97 bits per heavy atom. The molecular formula is C21H24BrN3O4S3. The van der Waals surface area contributed by atoms with Crippen molar-refractivity contribution >= 4 is 69.9 Å². The van der Waals surface area contributed by atoms with E-state index in [1.807, 2.05) is 25.1 Å². The Kier molecular flexibility index (Phi) is 7.51. The zero-order valence-electron chi connectivity index (χ0n) is 17.5. The molecule has 0 unspecified atom stereocenters. The van der Waals surface area contributed by atoms with Crippen LogP contribution in [0, 0.1) is 11.8 Å². The number of hydrogen-bond acceptors (Lipinski definition) is 7. The lowest BCUT2D eigenvalue weighted by Crippen LogP contribution is -2.33. The van der Waals surface area contributed by atoms with Crippen LogP contribution in [0.5, 0.6) is 5.75 Å². The van der Waals surface area contributed by atoms with Crippen LogP contribution in [0.1, 0.15) is 32.6 Å². The number of amides is 1. The van der Waals surface area contributed by atoms with Gasteiger partial charge in [-0.2, -0.15) is 0 Å². The smallest absolute Gasteiger partial charge is 0.250 e. The summed E-state index contributed by atoms with van der Waals surface area (Å²) in [6.45, 7) is 2.94. The maximum atomic E-state index is 12.7. The number of carbonyl (C=O) groups is 1. The highest BCUT2D eigenvalue weighted by Gasteiger charge is 2.28. The van der Waals surface area contributed by atoms with Crippen molar-refractivity contribution in [3.63, 3.8) is 0 Å². The van der Waals surface area contributed by atoms with Crippen molar-refractivity contribution in [1.29, 1.82) is 0 Å². The number of nitrogens with zero attached hydrogens (tertiary/aromatic N) is 1. The van der Waals surface area contributed by atoms with Gasteiger partial charge in [-0.05, 0) is 84.8 Å². The number of ether oxygens (including phenoxy) is 1. The first-order chi connectivity index (χ1) is 15.3. The number of anilines is 1. The van der Waals surface area contributed by atoms with E-state index >= 15 is 0 Å². The van der Waals surface area contributed by atoms with Crippen LogP contribution in [0.25, 0.3) is 10.2 Å². The van der Waals surface area contributed by atoms with Crippen molar-refractivity contribution in [1.82, 2.24) is 9.71 Å². The van der Waals surface area contributed by atoms with Gasteiger partial charge in [0, 0.05) is 12.5 Å². The Bertz CT molecular complexity index is 1200. The summed E-state index contributed by atoms with van der Waals surface area (Å²) < 4.78 is 35.1. The maximum Gasteiger partial charge on any atom is 0.250 e. The summed E-state index contributed by atoms with van der Waals surface area (Å²) in [7, 11) is -3.49. The fraction of sp³-hybridized carbons (Fsp3) is 0.429. The van der Waals surface area contributed by atoms with Crippen molar-refractivity contribution in [2.75, 3.05) is 18.5 Å². The van der Waals surface area contributed by atoms with E-state index in [9.17, 15) is 13.2 Å². The van der Waals surface area contributed by atoms with Gasteiger partial charge in [-0.15, -0.1) is 11.3 Å². The second-order valence-corrected chi connectivity index (χ2v) is 13.2. The number of thiazole rings is 1. The first-order valence-corrected chi connectivity index (χ1v) is 14.3. The number of carbonyl (C=O) groups excluding carboxylic acids is 1. The van der Waals surface area contributed by atoms with Crippen LogP contribution in [0.3, 0.4) is 0 Å². The molecule has 0 bridgehead atoms. The van der Waals surface area contributed by atoms with Gasteiger partial charge in [0.15, 0.2) is 5.13 Å². The first-order valence-electron chi connectivity index (χ1n) is 10.4.